The van der Waals surface area contributed by atoms with Crippen molar-refractivity contribution in [2.75, 3.05) is 44.8 Å². The van der Waals surface area contributed by atoms with Crippen LogP contribution in [0.2, 0.25) is 0 Å². The molecule has 1 amide bonds. The van der Waals surface area contributed by atoms with E-state index in [4.69, 9.17) is 14.5 Å². The number of amides is 1. The van der Waals surface area contributed by atoms with Crippen molar-refractivity contribution in [3.8, 4) is 11.5 Å². The fourth-order valence-corrected chi connectivity index (χ4v) is 4.68. The van der Waals surface area contributed by atoms with Crippen molar-refractivity contribution in [3.63, 3.8) is 0 Å². The lowest BCUT2D eigenvalue weighted by atomic mass is 10.0. The number of benzene rings is 2. The zero-order chi connectivity index (χ0) is 26.2. The van der Waals surface area contributed by atoms with Crippen LogP contribution in [0.3, 0.4) is 0 Å². The van der Waals surface area contributed by atoms with Crippen LogP contribution in [0.15, 0.2) is 48.5 Å². The van der Waals surface area contributed by atoms with Gasteiger partial charge in [-0.1, -0.05) is 25.5 Å². The Morgan fingerprint density at radius 2 is 1.65 bits per heavy atom. The van der Waals surface area contributed by atoms with Crippen LogP contribution in [0.4, 0.5) is 5.82 Å². The normalized spacial score (nSPS) is 13.8. The predicted octanol–water partition coefficient (Wildman–Crippen LogP) is 5.22. The SMILES string of the molecule is CCCCOc1ccc(C(=O)N2CCCN(c3nc(C)nc(C)c3Cc3ccc(OC)cc3)CC2)cc1. The average molecular weight is 503 g/mol. The quantitative estimate of drug-likeness (QED) is 0.374. The van der Waals surface area contributed by atoms with Crippen LogP contribution in [0, 0.1) is 13.8 Å². The third-order valence-corrected chi connectivity index (χ3v) is 6.79. The summed E-state index contributed by atoms with van der Waals surface area (Å²) in [5, 5.41) is 0. The van der Waals surface area contributed by atoms with Crippen LogP contribution in [-0.4, -0.2) is 60.7 Å². The van der Waals surface area contributed by atoms with Crippen molar-refractivity contribution >= 4 is 11.7 Å². The lowest BCUT2D eigenvalue weighted by Gasteiger charge is -2.26. The molecule has 1 aliphatic heterocycles. The molecule has 3 aromatic rings. The van der Waals surface area contributed by atoms with Gasteiger partial charge >= 0.3 is 0 Å². The Morgan fingerprint density at radius 3 is 2.35 bits per heavy atom. The fraction of sp³-hybridized carbons (Fsp3) is 0.433. The van der Waals surface area contributed by atoms with Gasteiger partial charge in [-0.05, 0) is 68.7 Å². The van der Waals surface area contributed by atoms with Crippen LogP contribution < -0.4 is 14.4 Å². The van der Waals surface area contributed by atoms with E-state index in [1.54, 1.807) is 7.11 Å². The lowest BCUT2D eigenvalue weighted by Crippen LogP contribution is -2.35. The number of ether oxygens (including phenoxy) is 2. The van der Waals surface area contributed by atoms with Gasteiger partial charge in [0.05, 0.1) is 13.7 Å². The topological polar surface area (TPSA) is 67.8 Å². The van der Waals surface area contributed by atoms with E-state index >= 15 is 0 Å². The van der Waals surface area contributed by atoms with Gasteiger partial charge in [0, 0.05) is 49.4 Å². The first-order chi connectivity index (χ1) is 18.0. The van der Waals surface area contributed by atoms with E-state index in [1.165, 1.54) is 5.56 Å². The molecule has 2 aromatic carbocycles. The fourth-order valence-electron chi connectivity index (χ4n) is 4.68. The molecule has 196 valence electrons. The average Bonchev–Trinajstić information content (AvgIpc) is 3.17. The lowest BCUT2D eigenvalue weighted by molar-refractivity contribution is 0.0767. The first-order valence-electron chi connectivity index (χ1n) is 13.2. The van der Waals surface area contributed by atoms with Gasteiger partial charge in [0.1, 0.15) is 23.1 Å². The molecule has 0 atom stereocenters. The van der Waals surface area contributed by atoms with Crippen molar-refractivity contribution < 1.29 is 14.3 Å². The predicted molar refractivity (Wildman–Crippen MR) is 147 cm³/mol. The van der Waals surface area contributed by atoms with E-state index in [0.29, 0.717) is 18.7 Å². The molecule has 1 fully saturated rings. The van der Waals surface area contributed by atoms with E-state index in [0.717, 1.165) is 79.7 Å². The summed E-state index contributed by atoms with van der Waals surface area (Å²) in [6.07, 6.45) is 3.75. The number of carbonyl (C=O) groups excluding carboxylic acids is 1. The van der Waals surface area contributed by atoms with E-state index < -0.39 is 0 Å². The van der Waals surface area contributed by atoms with Gasteiger partial charge < -0.3 is 19.3 Å². The van der Waals surface area contributed by atoms with Gasteiger partial charge in [0.15, 0.2) is 0 Å². The van der Waals surface area contributed by atoms with Gasteiger partial charge in [0.2, 0.25) is 0 Å². The van der Waals surface area contributed by atoms with Crippen LogP contribution in [0.1, 0.15) is 59.2 Å². The van der Waals surface area contributed by atoms with Crippen LogP contribution >= 0.6 is 0 Å². The molecular weight excluding hydrogens is 464 g/mol. The van der Waals surface area contributed by atoms with Crippen molar-refractivity contribution in [1.29, 1.82) is 0 Å². The number of anilines is 1. The molecule has 0 aliphatic carbocycles. The summed E-state index contributed by atoms with van der Waals surface area (Å²) in [7, 11) is 1.68. The number of aromatic nitrogens is 2. The molecule has 1 saturated heterocycles. The molecule has 1 aromatic heterocycles. The maximum atomic E-state index is 13.3. The Hall–Kier alpha value is -3.61. The van der Waals surface area contributed by atoms with Gasteiger partial charge in [-0.15, -0.1) is 0 Å². The molecule has 0 radical (unpaired) electrons. The second-order valence-corrected chi connectivity index (χ2v) is 9.54. The minimum atomic E-state index is 0.0652. The molecule has 7 heteroatoms. The Balaban J connectivity index is 1.46. The Labute approximate surface area is 220 Å². The molecule has 37 heavy (non-hydrogen) atoms. The van der Waals surface area contributed by atoms with Gasteiger partial charge in [-0.2, -0.15) is 0 Å². The molecular formula is C30H38N4O3. The number of methoxy groups -OCH3 is 1. The highest BCUT2D eigenvalue weighted by Crippen LogP contribution is 2.26. The van der Waals surface area contributed by atoms with Crippen LogP contribution in [-0.2, 0) is 6.42 Å². The first kappa shape index (κ1) is 26.5. The summed E-state index contributed by atoms with van der Waals surface area (Å²) in [5.74, 6) is 3.46. The Bertz CT molecular complexity index is 1180. The number of unbranched alkanes of at least 4 members (excludes halogenated alkanes) is 1. The van der Waals surface area contributed by atoms with E-state index in [9.17, 15) is 4.79 Å². The Kier molecular flexibility index (Phi) is 8.99. The van der Waals surface area contributed by atoms with Gasteiger partial charge in [-0.3, -0.25) is 4.79 Å². The highest BCUT2D eigenvalue weighted by atomic mass is 16.5. The zero-order valence-electron chi connectivity index (χ0n) is 22.5. The van der Waals surface area contributed by atoms with E-state index in [-0.39, 0.29) is 5.91 Å². The number of nitrogens with zero attached hydrogens (tertiary/aromatic N) is 4. The first-order valence-corrected chi connectivity index (χ1v) is 13.2. The molecule has 0 N–H and O–H groups in total. The summed E-state index contributed by atoms with van der Waals surface area (Å²) >= 11 is 0. The molecule has 4 rings (SSSR count). The third-order valence-electron chi connectivity index (χ3n) is 6.79. The van der Waals surface area contributed by atoms with Crippen LogP contribution in [0.5, 0.6) is 11.5 Å². The standard InChI is InChI=1S/C30H38N4O3/c1-5-6-20-37-27-14-10-25(11-15-27)30(35)34-17-7-16-33(18-19-34)29-28(22(2)31-23(3)32-29)21-24-8-12-26(36-4)13-9-24/h8-15H,5-7,16-21H2,1-4H3. The highest BCUT2D eigenvalue weighted by molar-refractivity contribution is 5.94. The minimum absolute atomic E-state index is 0.0652. The maximum Gasteiger partial charge on any atom is 0.253 e. The van der Waals surface area contributed by atoms with Crippen molar-refractivity contribution in [3.05, 3.63) is 76.7 Å². The molecule has 0 spiro atoms. The molecule has 0 unspecified atom stereocenters. The summed E-state index contributed by atoms with van der Waals surface area (Å²) < 4.78 is 11.1. The highest BCUT2D eigenvalue weighted by Gasteiger charge is 2.24. The summed E-state index contributed by atoms with van der Waals surface area (Å²) in [5.41, 5.74) is 4.02. The molecule has 0 bridgehead atoms. The molecule has 0 saturated carbocycles. The second kappa shape index (κ2) is 12.6. The van der Waals surface area contributed by atoms with Crippen molar-refractivity contribution in [2.24, 2.45) is 0 Å². The molecule has 1 aliphatic rings. The second-order valence-electron chi connectivity index (χ2n) is 9.54. The molecule has 7 nitrogen and oxygen atoms in total. The third kappa shape index (κ3) is 6.79. The smallest absolute Gasteiger partial charge is 0.253 e. The van der Waals surface area contributed by atoms with Crippen molar-refractivity contribution in [2.45, 2.75) is 46.5 Å². The summed E-state index contributed by atoms with van der Waals surface area (Å²) in [6, 6.07) is 15.7. The number of carbonyl (C=O) groups is 1. The Morgan fingerprint density at radius 1 is 0.919 bits per heavy atom. The number of aryl methyl sites for hydroxylation is 2. The van der Waals surface area contributed by atoms with Crippen molar-refractivity contribution in [1.82, 2.24) is 14.9 Å². The summed E-state index contributed by atoms with van der Waals surface area (Å²) in [4.78, 5) is 27.1. The largest absolute Gasteiger partial charge is 0.497 e. The number of hydrogen-bond acceptors (Lipinski definition) is 6. The van der Waals surface area contributed by atoms with E-state index in [1.807, 2.05) is 48.2 Å². The number of rotatable bonds is 9. The summed E-state index contributed by atoms with van der Waals surface area (Å²) in [6.45, 7) is 9.79. The van der Waals surface area contributed by atoms with Gasteiger partial charge in [-0.25, -0.2) is 9.97 Å². The maximum absolute atomic E-state index is 13.3. The minimum Gasteiger partial charge on any atom is -0.497 e. The monoisotopic (exact) mass is 502 g/mol. The van der Waals surface area contributed by atoms with Gasteiger partial charge in [0.25, 0.3) is 5.91 Å². The van der Waals surface area contributed by atoms with E-state index in [2.05, 4.69) is 35.9 Å². The zero-order valence-corrected chi connectivity index (χ0v) is 22.5. The molecule has 2 heterocycles. The number of hydrogen-bond donors (Lipinski definition) is 0. The van der Waals surface area contributed by atoms with Crippen LogP contribution in [0.25, 0.3) is 0 Å².